The zero-order chi connectivity index (χ0) is 12.0. The van der Waals surface area contributed by atoms with Gasteiger partial charge in [0.2, 0.25) is 0 Å². The summed E-state index contributed by atoms with van der Waals surface area (Å²) in [6, 6.07) is 1.67. The molecule has 1 N–H and O–H groups in total. The maximum absolute atomic E-state index is 5.88. The van der Waals surface area contributed by atoms with Crippen LogP contribution in [-0.4, -0.2) is 22.3 Å². The summed E-state index contributed by atoms with van der Waals surface area (Å²) in [6.07, 6.45) is 9.26. The molecule has 0 aliphatic heterocycles. The van der Waals surface area contributed by atoms with Crippen LogP contribution >= 0.6 is 23.4 Å². The monoisotopic (exact) mass is 255 g/mol. The van der Waals surface area contributed by atoms with Crippen molar-refractivity contribution in [1.29, 1.82) is 0 Å². The highest BCUT2D eigenvalue weighted by Crippen LogP contribution is 2.18. The molecule has 1 heterocycles. The van der Waals surface area contributed by atoms with Crippen LogP contribution in [0.25, 0.3) is 0 Å². The number of anilines is 1. The normalized spacial score (nSPS) is 11.9. The van der Waals surface area contributed by atoms with Gasteiger partial charge in [0.15, 0.2) is 5.16 Å². The largest absolute Gasteiger partial charge is 0.356 e. The molecular weight excluding hydrogens is 242 g/mol. The van der Waals surface area contributed by atoms with Crippen LogP contribution in [0.4, 0.5) is 5.82 Å². The van der Waals surface area contributed by atoms with Gasteiger partial charge in [0.1, 0.15) is 11.0 Å². The Balaban J connectivity index is 2.80. The Morgan fingerprint density at radius 1 is 1.62 bits per heavy atom. The van der Waals surface area contributed by atoms with Crippen molar-refractivity contribution in [3.63, 3.8) is 0 Å². The van der Waals surface area contributed by atoms with Crippen LogP contribution < -0.4 is 5.32 Å². The van der Waals surface area contributed by atoms with Gasteiger partial charge in [-0.25, -0.2) is 9.97 Å². The minimum absolute atomic E-state index is 0.00864. The number of aromatic nitrogens is 2. The molecule has 0 saturated carbocycles. The number of terminal acetylenes is 1. The molecule has 3 nitrogen and oxygen atoms in total. The first-order valence-corrected chi connectivity index (χ1v) is 6.61. The van der Waals surface area contributed by atoms with Crippen molar-refractivity contribution in [3.8, 4) is 12.3 Å². The van der Waals surface area contributed by atoms with Gasteiger partial charge in [-0.1, -0.05) is 42.6 Å². The third-order valence-electron chi connectivity index (χ3n) is 1.96. The lowest BCUT2D eigenvalue weighted by atomic mass is 10.2. The summed E-state index contributed by atoms with van der Waals surface area (Å²) in [5.41, 5.74) is 0. The van der Waals surface area contributed by atoms with E-state index in [0.717, 1.165) is 12.8 Å². The van der Waals surface area contributed by atoms with Gasteiger partial charge in [-0.05, 0) is 12.7 Å². The maximum Gasteiger partial charge on any atom is 0.190 e. The quantitative estimate of drug-likeness (QED) is 0.380. The van der Waals surface area contributed by atoms with E-state index in [4.69, 9.17) is 18.0 Å². The lowest BCUT2D eigenvalue weighted by Gasteiger charge is -2.13. The van der Waals surface area contributed by atoms with Gasteiger partial charge in [-0.2, -0.15) is 0 Å². The summed E-state index contributed by atoms with van der Waals surface area (Å²) in [7, 11) is 0. The fraction of sp³-hybridized carbons (Fsp3) is 0.455. The predicted molar refractivity (Wildman–Crippen MR) is 70.0 cm³/mol. The molecular formula is C11H14ClN3S. The Morgan fingerprint density at radius 2 is 2.38 bits per heavy atom. The number of nitrogens with zero attached hydrogens (tertiary/aromatic N) is 2. The first kappa shape index (κ1) is 13.1. The summed E-state index contributed by atoms with van der Waals surface area (Å²) in [4.78, 5) is 8.34. The number of hydrogen-bond donors (Lipinski definition) is 1. The lowest BCUT2D eigenvalue weighted by Crippen LogP contribution is -2.17. The molecule has 1 aromatic rings. The van der Waals surface area contributed by atoms with Crippen molar-refractivity contribution in [2.45, 2.75) is 31.0 Å². The first-order chi connectivity index (χ1) is 7.69. The molecule has 0 aliphatic rings. The fourth-order valence-electron chi connectivity index (χ4n) is 1.23. The molecule has 0 fully saturated rings. The number of nitrogens with one attached hydrogen (secondary N) is 1. The average molecular weight is 256 g/mol. The second kappa shape index (κ2) is 6.62. The third-order valence-corrected chi connectivity index (χ3v) is 2.70. The average Bonchev–Trinajstić information content (AvgIpc) is 2.27. The molecule has 1 unspecified atom stereocenters. The second-order valence-electron chi connectivity index (χ2n) is 3.21. The van der Waals surface area contributed by atoms with Gasteiger partial charge >= 0.3 is 0 Å². The minimum atomic E-state index is -0.00864. The van der Waals surface area contributed by atoms with Crippen molar-refractivity contribution in [1.82, 2.24) is 9.97 Å². The fourth-order valence-corrected chi connectivity index (χ4v) is 1.84. The lowest BCUT2D eigenvalue weighted by molar-refractivity contribution is 0.749. The molecule has 0 aliphatic carbocycles. The van der Waals surface area contributed by atoms with E-state index in [9.17, 15) is 0 Å². The van der Waals surface area contributed by atoms with Gasteiger partial charge in [0.05, 0.1) is 6.04 Å². The van der Waals surface area contributed by atoms with Gasteiger partial charge < -0.3 is 5.32 Å². The summed E-state index contributed by atoms with van der Waals surface area (Å²) in [6.45, 7) is 2.09. The Kier molecular flexibility index (Phi) is 5.44. The van der Waals surface area contributed by atoms with Crippen LogP contribution in [0.1, 0.15) is 19.8 Å². The Hall–Kier alpha value is -0.920. The van der Waals surface area contributed by atoms with Crippen molar-refractivity contribution in [2.24, 2.45) is 0 Å². The molecule has 1 rings (SSSR count). The van der Waals surface area contributed by atoms with Crippen molar-refractivity contribution < 1.29 is 0 Å². The molecule has 5 heteroatoms. The molecule has 0 amide bonds. The van der Waals surface area contributed by atoms with Crippen LogP contribution in [0.15, 0.2) is 11.2 Å². The van der Waals surface area contributed by atoms with E-state index in [1.165, 1.54) is 11.8 Å². The molecule has 0 aromatic carbocycles. The van der Waals surface area contributed by atoms with E-state index in [2.05, 4.69) is 28.1 Å². The van der Waals surface area contributed by atoms with Crippen molar-refractivity contribution >= 4 is 29.2 Å². The molecule has 1 atom stereocenters. The minimum Gasteiger partial charge on any atom is -0.356 e. The number of thioether (sulfide) groups is 1. The highest BCUT2D eigenvalue weighted by molar-refractivity contribution is 7.98. The first-order valence-electron chi connectivity index (χ1n) is 5.00. The van der Waals surface area contributed by atoms with Gasteiger partial charge in [0.25, 0.3) is 0 Å². The topological polar surface area (TPSA) is 37.8 Å². The van der Waals surface area contributed by atoms with Crippen LogP contribution in [-0.2, 0) is 0 Å². The molecule has 1 aromatic heterocycles. The number of hydrogen-bond acceptors (Lipinski definition) is 4. The van der Waals surface area contributed by atoms with Crippen LogP contribution in [0.2, 0.25) is 5.15 Å². The molecule has 86 valence electrons. The zero-order valence-electron chi connectivity index (χ0n) is 9.33. The number of halogens is 1. The number of rotatable bonds is 5. The van der Waals surface area contributed by atoms with E-state index in [1.54, 1.807) is 6.07 Å². The Bertz CT molecular complexity index is 389. The molecule has 0 radical (unpaired) electrons. The van der Waals surface area contributed by atoms with Gasteiger partial charge in [-0.3, -0.25) is 0 Å². The summed E-state index contributed by atoms with van der Waals surface area (Å²) in [5.74, 6) is 3.37. The van der Waals surface area contributed by atoms with E-state index < -0.39 is 0 Å². The standard InChI is InChI=1S/C11H14ClN3S/c1-4-6-8(5-2)13-10-7-9(12)14-11(15-10)16-3/h2,7-8H,4,6H2,1,3H3,(H,13,14,15). The Labute approximate surface area is 105 Å². The van der Waals surface area contributed by atoms with Gasteiger partial charge in [0, 0.05) is 6.07 Å². The van der Waals surface area contributed by atoms with Gasteiger partial charge in [-0.15, -0.1) is 6.42 Å². The van der Waals surface area contributed by atoms with E-state index >= 15 is 0 Å². The molecule has 0 bridgehead atoms. The highest BCUT2D eigenvalue weighted by atomic mass is 35.5. The van der Waals surface area contributed by atoms with Crippen LogP contribution in [0.3, 0.4) is 0 Å². The van der Waals surface area contributed by atoms with Crippen molar-refractivity contribution in [2.75, 3.05) is 11.6 Å². The summed E-state index contributed by atoms with van der Waals surface area (Å²) in [5, 5.41) is 4.23. The summed E-state index contributed by atoms with van der Waals surface area (Å²) < 4.78 is 0. The highest BCUT2D eigenvalue weighted by Gasteiger charge is 2.07. The summed E-state index contributed by atoms with van der Waals surface area (Å²) >= 11 is 7.32. The van der Waals surface area contributed by atoms with E-state index in [-0.39, 0.29) is 6.04 Å². The molecule has 16 heavy (non-hydrogen) atoms. The smallest absolute Gasteiger partial charge is 0.190 e. The molecule has 0 saturated heterocycles. The predicted octanol–water partition coefficient (Wildman–Crippen LogP) is 3.07. The maximum atomic E-state index is 5.88. The third kappa shape index (κ3) is 3.92. The van der Waals surface area contributed by atoms with E-state index in [0.29, 0.717) is 16.1 Å². The Morgan fingerprint density at radius 3 is 2.94 bits per heavy atom. The SMILES string of the molecule is C#CC(CCC)Nc1cc(Cl)nc(SC)n1. The zero-order valence-corrected chi connectivity index (χ0v) is 10.9. The van der Waals surface area contributed by atoms with Crippen LogP contribution in [0.5, 0.6) is 0 Å². The second-order valence-corrected chi connectivity index (χ2v) is 4.38. The van der Waals surface area contributed by atoms with Crippen LogP contribution in [0, 0.1) is 12.3 Å². The van der Waals surface area contributed by atoms with E-state index in [1.807, 2.05) is 6.26 Å². The van der Waals surface area contributed by atoms with Crippen molar-refractivity contribution in [3.05, 3.63) is 11.2 Å². The molecule has 0 spiro atoms.